The maximum atomic E-state index is 13.4. The SMILES string of the molecule is C[C@@H]1CN([C@@H](C)CO)C(=O)c2cc(NS(C)(=O)=O)ccc2O[C@@H]1CN(C)Cc1ccccc1. The highest BCUT2D eigenvalue weighted by Crippen LogP contribution is 2.31. The van der Waals surface area contributed by atoms with Crippen LogP contribution in [0.5, 0.6) is 5.75 Å². The molecule has 1 amide bonds. The number of hydrogen-bond donors (Lipinski definition) is 2. The molecule has 3 rings (SSSR count). The van der Waals surface area contributed by atoms with E-state index in [1.165, 1.54) is 11.6 Å². The van der Waals surface area contributed by atoms with E-state index in [9.17, 15) is 18.3 Å². The fraction of sp³-hybridized carbons (Fsp3) is 0.458. The molecule has 0 saturated heterocycles. The number of benzene rings is 2. The van der Waals surface area contributed by atoms with Gasteiger partial charge < -0.3 is 14.7 Å². The van der Waals surface area contributed by atoms with Crippen molar-refractivity contribution in [1.82, 2.24) is 9.80 Å². The molecule has 1 aliphatic rings. The van der Waals surface area contributed by atoms with Crippen molar-refractivity contribution in [2.24, 2.45) is 5.92 Å². The van der Waals surface area contributed by atoms with Crippen molar-refractivity contribution in [1.29, 1.82) is 0 Å². The van der Waals surface area contributed by atoms with E-state index in [0.717, 1.165) is 12.8 Å². The van der Waals surface area contributed by atoms with Crippen LogP contribution in [-0.4, -0.2) is 74.4 Å². The van der Waals surface area contributed by atoms with Crippen molar-refractivity contribution in [2.75, 3.05) is 37.7 Å². The van der Waals surface area contributed by atoms with Crippen LogP contribution in [0.2, 0.25) is 0 Å². The summed E-state index contributed by atoms with van der Waals surface area (Å²) in [6, 6.07) is 14.5. The molecule has 3 atom stereocenters. The summed E-state index contributed by atoms with van der Waals surface area (Å²) in [4.78, 5) is 17.2. The lowest BCUT2D eigenvalue weighted by Gasteiger charge is -2.38. The number of nitrogens with zero attached hydrogens (tertiary/aromatic N) is 2. The van der Waals surface area contributed by atoms with Gasteiger partial charge in [0.25, 0.3) is 5.91 Å². The predicted molar refractivity (Wildman–Crippen MR) is 129 cm³/mol. The molecule has 0 bridgehead atoms. The van der Waals surface area contributed by atoms with Gasteiger partial charge in [0.2, 0.25) is 10.0 Å². The van der Waals surface area contributed by atoms with Gasteiger partial charge in [0.1, 0.15) is 11.9 Å². The Hall–Kier alpha value is -2.62. The highest BCUT2D eigenvalue weighted by molar-refractivity contribution is 7.92. The minimum atomic E-state index is -3.50. The Balaban J connectivity index is 1.91. The van der Waals surface area contributed by atoms with Crippen molar-refractivity contribution in [3.05, 3.63) is 59.7 Å². The third kappa shape index (κ3) is 6.69. The summed E-state index contributed by atoms with van der Waals surface area (Å²) in [7, 11) is -1.47. The molecule has 0 radical (unpaired) electrons. The van der Waals surface area contributed by atoms with Crippen LogP contribution in [0.4, 0.5) is 5.69 Å². The van der Waals surface area contributed by atoms with Crippen LogP contribution < -0.4 is 9.46 Å². The van der Waals surface area contributed by atoms with E-state index in [0.29, 0.717) is 18.8 Å². The number of rotatable bonds is 8. The fourth-order valence-electron chi connectivity index (χ4n) is 3.98. The number of carbonyl (C=O) groups excluding carboxylic acids is 1. The zero-order valence-corrected chi connectivity index (χ0v) is 20.4. The molecule has 1 heterocycles. The zero-order chi connectivity index (χ0) is 24.2. The molecule has 2 aromatic rings. The molecule has 0 aromatic heterocycles. The van der Waals surface area contributed by atoms with Crippen LogP contribution in [0.1, 0.15) is 29.8 Å². The van der Waals surface area contributed by atoms with Gasteiger partial charge in [-0.05, 0) is 37.7 Å². The monoisotopic (exact) mass is 475 g/mol. The number of likely N-dealkylation sites (N-methyl/N-ethyl adjacent to an activating group) is 1. The van der Waals surface area contributed by atoms with Crippen molar-refractivity contribution in [2.45, 2.75) is 32.5 Å². The minimum absolute atomic E-state index is 0.00291. The molecule has 2 N–H and O–H groups in total. The van der Waals surface area contributed by atoms with Crippen molar-refractivity contribution in [3.63, 3.8) is 0 Å². The molecular weight excluding hydrogens is 442 g/mol. The largest absolute Gasteiger partial charge is 0.488 e. The number of carbonyl (C=O) groups is 1. The van der Waals surface area contributed by atoms with Crippen LogP contribution in [0.3, 0.4) is 0 Å². The van der Waals surface area contributed by atoms with E-state index in [-0.39, 0.29) is 41.8 Å². The lowest BCUT2D eigenvalue weighted by Crippen LogP contribution is -2.49. The summed E-state index contributed by atoms with van der Waals surface area (Å²) in [6.45, 7) is 5.46. The fourth-order valence-corrected chi connectivity index (χ4v) is 4.54. The van der Waals surface area contributed by atoms with Gasteiger partial charge in [-0.25, -0.2) is 8.42 Å². The van der Waals surface area contributed by atoms with Crippen LogP contribution in [0.25, 0.3) is 0 Å². The Kier molecular flexibility index (Phi) is 7.99. The first kappa shape index (κ1) is 25.0. The lowest BCUT2D eigenvalue weighted by molar-refractivity contribution is 0.0341. The Morgan fingerprint density at radius 3 is 2.58 bits per heavy atom. The van der Waals surface area contributed by atoms with Crippen LogP contribution in [0, 0.1) is 5.92 Å². The summed E-state index contributed by atoms with van der Waals surface area (Å²) in [5.41, 5.74) is 1.75. The van der Waals surface area contributed by atoms with E-state index in [1.807, 2.05) is 32.2 Å². The molecule has 0 spiro atoms. The number of anilines is 1. The van der Waals surface area contributed by atoms with E-state index in [4.69, 9.17) is 4.74 Å². The average Bonchev–Trinajstić information content (AvgIpc) is 2.75. The van der Waals surface area contributed by atoms with Gasteiger partial charge in [-0.15, -0.1) is 0 Å². The number of hydrogen-bond acceptors (Lipinski definition) is 6. The van der Waals surface area contributed by atoms with Gasteiger partial charge in [-0.1, -0.05) is 37.3 Å². The van der Waals surface area contributed by atoms with Gasteiger partial charge in [-0.2, -0.15) is 0 Å². The van der Waals surface area contributed by atoms with Gasteiger partial charge >= 0.3 is 0 Å². The van der Waals surface area contributed by atoms with E-state index in [1.54, 1.807) is 24.0 Å². The molecule has 0 unspecified atom stereocenters. The van der Waals surface area contributed by atoms with Crippen LogP contribution in [0.15, 0.2) is 48.5 Å². The standard InChI is InChI=1S/C24H33N3O5S/c1-17-13-27(18(2)16-28)24(29)21-12-20(25-33(4,30)31)10-11-22(21)32-23(17)15-26(3)14-19-8-6-5-7-9-19/h5-12,17-18,23,25,28H,13-16H2,1-4H3/t17-,18+,23-/m1/s1. The van der Waals surface area contributed by atoms with E-state index >= 15 is 0 Å². The summed E-state index contributed by atoms with van der Waals surface area (Å²) >= 11 is 0. The first-order chi connectivity index (χ1) is 15.6. The maximum Gasteiger partial charge on any atom is 0.258 e. The average molecular weight is 476 g/mol. The number of ether oxygens (including phenoxy) is 1. The normalized spacial score (nSPS) is 19.9. The molecule has 180 valence electrons. The minimum Gasteiger partial charge on any atom is -0.488 e. The van der Waals surface area contributed by atoms with Gasteiger partial charge in [0.05, 0.1) is 24.5 Å². The van der Waals surface area contributed by atoms with E-state index < -0.39 is 10.0 Å². The van der Waals surface area contributed by atoms with E-state index in [2.05, 4.69) is 21.8 Å². The van der Waals surface area contributed by atoms with Crippen molar-refractivity contribution >= 4 is 21.6 Å². The second-order valence-electron chi connectivity index (χ2n) is 8.89. The molecule has 1 aliphatic heterocycles. The number of aliphatic hydroxyl groups is 1. The topological polar surface area (TPSA) is 99.2 Å². The summed E-state index contributed by atoms with van der Waals surface area (Å²) in [6.07, 6.45) is 0.843. The second-order valence-corrected chi connectivity index (χ2v) is 10.6. The number of sulfonamides is 1. The Bertz CT molecular complexity index is 1060. The zero-order valence-electron chi connectivity index (χ0n) is 19.6. The highest BCUT2D eigenvalue weighted by atomic mass is 32.2. The molecular formula is C24H33N3O5S. The molecule has 33 heavy (non-hydrogen) atoms. The number of amides is 1. The maximum absolute atomic E-state index is 13.4. The smallest absolute Gasteiger partial charge is 0.258 e. The molecule has 0 aliphatic carbocycles. The number of fused-ring (bicyclic) bond motifs is 1. The molecule has 8 nitrogen and oxygen atoms in total. The highest BCUT2D eigenvalue weighted by Gasteiger charge is 2.33. The third-order valence-corrected chi connectivity index (χ3v) is 6.36. The first-order valence-electron chi connectivity index (χ1n) is 11.0. The quantitative estimate of drug-likeness (QED) is 0.608. The molecule has 9 heteroatoms. The van der Waals surface area contributed by atoms with Crippen LogP contribution in [-0.2, 0) is 16.6 Å². The number of nitrogens with one attached hydrogen (secondary N) is 1. The molecule has 0 saturated carbocycles. The lowest BCUT2D eigenvalue weighted by atomic mass is 9.99. The third-order valence-electron chi connectivity index (χ3n) is 5.75. The van der Waals surface area contributed by atoms with Gasteiger partial charge in [0, 0.05) is 31.2 Å². The van der Waals surface area contributed by atoms with Gasteiger partial charge in [0.15, 0.2) is 0 Å². The molecule has 0 fully saturated rings. The van der Waals surface area contributed by atoms with Gasteiger partial charge in [-0.3, -0.25) is 14.4 Å². The first-order valence-corrected chi connectivity index (χ1v) is 12.9. The van der Waals surface area contributed by atoms with Crippen LogP contribution >= 0.6 is 0 Å². The second kappa shape index (κ2) is 10.5. The predicted octanol–water partition coefficient (Wildman–Crippen LogP) is 2.41. The molecule has 2 aromatic carbocycles. The summed E-state index contributed by atoms with van der Waals surface area (Å²) in [5, 5.41) is 9.76. The summed E-state index contributed by atoms with van der Waals surface area (Å²) < 4.78 is 32.1. The Morgan fingerprint density at radius 2 is 1.94 bits per heavy atom. The Morgan fingerprint density at radius 1 is 1.24 bits per heavy atom. The Labute approximate surface area is 196 Å². The van der Waals surface area contributed by atoms with Crippen molar-refractivity contribution < 1.29 is 23.1 Å². The summed E-state index contributed by atoms with van der Waals surface area (Å²) in [5.74, 6) is 0.105. The van der Waals surface area contributed by atoms with Crippen molar-refractivity contribution in [3.8, 4) is 5.75 Å². The number of aliphatic hydroxyl groups excluding tert-OH is 1.